The molecule has 0 spiro atoms. The maximum absolute atomic E-state index is 11.3. The number of Topliss-reactive ketones (excluding diaryl/α,β-unsaturated/α-hetero) is 1. The highest BCUT2D eigenvalue weighted by Crippen LogP contribution is 2.15. The first-order valence-corrected chi connectivity index (χ1v) is 12.4. The number of carbonyl (C=O) groups excluding carboxylic acids is 1. The molecule has 7 heteroatoms. The molecule has 2 rings (SSSR count). The predicted octanol–water partition coefficient (Wildman–Crippen LogP) is 6.41. The van der Waals surface area contributed by atoms with E-state index in [9.17, 15) is 17.7 Å². The molecular weight excluding hydrogens is 387 g/mol. The molecular formula is C20H35FO4S2. The second-order valence-corrected chi connectivity index (χ2v) is 9.50. The van der Waals surface area contributed by atoms with Crippen LogP contribution < -0.4 is 0 Å². The molecule has 1 aromatic heterocycles. The highest BCUT2D eigenvalue weighted by atomic mass is 32.2. The summed E-state index contributed by atoms with van der Waals surface area (Å²) in [5.74, 6) is 0.0211. The van der Waals surface area contributed by atoms with Crippen LogP contribution in [-0.4, -0.2) is 20.0 Å². The Morgan fingerprint density at radius 3 is 2.07 bits per heavy atom. The minimum absolute atomic E-state index is 0.213. The Labute approximate surface area is 168 Å². The largest absolute Gasteiger partial charge is 0.300 e. The van der Waals surface area contributed by atoms with Crippen LogP contribution >= 0.6 is 11.3 Å². The Morgan fingerprint density at radius 2 is 1.63 bits per heavy atom. The molecule has 0 aliphatic heterocycles. The fraction of sp³-hybridized carbons (Fsp3) is 0.750. The maximum atomic E-state index is 11.3. The van der Waals surface area contributed by atoms with Crippen LogP contribution in [0.3, 0.4) is 0 Å². The smallest absolute Gasteiger partial charge is 0.297 e. The molecule has 1 aromatic rings. The lowest BCUT2D eigenvalue weighted by atomic mass is 10.1. The topological polar surface area (TPSA) is 60.4 Å². The lowest BCUT2D eigenvalue weighted by Crippen LogP contribution is -2.05. The quantitative estimate of drug-likeness (QED) is 0.409. The first-order valence-electron chi connectivity index (χ1n) is 9.96. The van der Waals surface area contributed by atoms with Crippen LogP contribution in [0.25, 0.3) is 0 Å². The monoisotopic (exact) mass is 422 g/mol. The Hall–Kier alpha value is -0.790. The number of unbranched alkanes of at least 4 members (excludes halogenated alkanes) is 5. The van der Waals surface area contributed by atoms with Crippen LogP contribution in [0.15, 0.2) is 17.5 Å². The van der Waals surface area contributed by atoms with Gasteiger partial charge in [0, 0.05) is 11.3 Å². The van der Waals surface area contributed by atoms with Crippen molar-refractivity contribution in [3.63, 3.8) is 0 Å². The second-order valence-electron chi connectivity index (χ2n) is 6.82. The van der Waals surface area contributed by atoms with Gasteiger partial charge in [-0.25, -0.2) is 0 Å². The van der Waals surface area contributed by atoms with Crippen LogP contribution in [0, 0.1) is 0 Å². The van der Waals surface area contributed by atoms with Crippen molar-refractivity contribution >= 4 is 27.2 Å². The molecule has 0 radical (unpaired) electrons. The molecule has 1 heterocycles. The molecule has 0 bridgehead atoms. The molecule has 1 fully saturated rings. The van der Waals surface area contributed by atoms with Gasteiger partial charge in [0.2, 0.25) is 0 Å². The molecule has 1 aliphatic rings. The van der Waals surface area contributed by atoms with E-state index >= 15 is 0 Å². The number of ketones is 1. The molecule has 1 aliphatic carbocycles. The van der Waals surface area contributed by atoms with E-state index in [0.717, 1.165) is 30.6 Å². The molecule has 158 valence electrons. The number of carbonyl (C=O) groups is 1. The van der Waals surface area contributed by atoms with E-state index in [1.54, 1.807) is 18.3 Å². The van der Waals surface area contributed by atoms with Crippen molar-refractivity contribution in [2.24, 2.45) is 0 Å². The third kappa shape index (κ3) is 18.3. The van der Waals surface area contributed by atoms with E-state index in [0.29, 0.717) is 12.8 Å². The molecule has 0 N–H and O–H groups in total. The molecule has 0 amide bonds. The molecule has 0 atom stereocenters. The van der Waals surface area contributed by atoms with E-state index in [-0.39, 0.29) is 11.5 Å². The van der Waals surface area contributed by atoms with Gasteiger partial charge in [-0.1, -0.05) is 81.6 Å². The van der Waals surface area contributed by atoms with Crippen LogP contribution in [0.4, 0.5) is 4.53 Å². The van der Waals surface area contributed by atoms with Crippen molar-refractivity contribution in [2.45, 2.75) is 90.9 Å². The van der Waals surface area contributed by atoms with Gasteiger partial charge >= 0.3 is 0 Å². The zero-order valence-corrected chi connectivity index (χ0v) is 18.4. The zero-order chi connectivity index (χ0) is 20.4. The summed E-state index contributed by atoms with van der Waals surface area (Å²) in [7, 11) is -3.88. The highest BCUT2D eigenvalue weighted by molar-refractivity contribution is 7.86. The van der Waals surface area contributed by atoms with Gasteiger partial charge in [0.1, 0.15) is 5.78 Å². The zero-order valence-electron chi connectivity index (χ0n) is 16.8. The van der Waals surface area contributed by atoms with Crippen molar-refractivity contribution in [1.82, 2.24) is 0 Å². The Balaban J connectivity index is 0.000000412. The average molecular weight is 423 g/mol. The Kier molecular flexibility index (Phi) is 16.8. The van der Waals surface area contributed by atoms with E-state index in [2.05, 4.69) is 11.3 Å². The average Bonchev–Trinajstić information content (AvgIpc) is 3.34. The van der Waals surface area contributed by atoms with E-state index in [1.165, 1.54) is 38.5 Å². The van der Waals surface area contributed by atoms with E-state index in [4.69, 9.17) is 0 Å². The van der Waals surface area contributed by atoms with Gasteiger partial charge in [-0.2, -0.15) is 8.42 Å². The first-order chi connectivity index (χ1) is 12.9. The van der Waals surface area contributed by atoms with Crippen LogP contribution in [0.5, 0.6) is 0 Å². The third-order valence-electron chi connectivity index (χ3n) is 4.10. The number of halogens is 1. The molecule has 27 heavy (non-hydrogen) atoms. The third-order valence-corrected chi connectivity index (χ3v) is 5.95. The van der Waals surface area contributed by atoms with Gasteiger partial charge in [0.15, 0.2) is 0 Å². The maximum Gasteiger partial charge on any atom is 0.297 e. The standard InChI is InChI=1S/C8H17FO3S.C7H8OS.C5H10/c1-2-3-4-5-6-7-8-13(10,11)12-9;1-6(8)5-7-3-2-4-9-7;1-2-4-5-3-1/h2-8H2,1H3;2-4H,5H2,1H3;1-5H2. The summed E-state index contributed by atoms with van der Waals surface area (Å²) in [5.41, 5.74) is 0. The van der Waals surface area contributed by atoms with Gasteiger partial charge in [0.25, 0.3) is 10.1 Å². The number of thiophene rings is 1. The lowest BCUT2D eigenvalue weighted by molar-refractivity contribution is -0.116. The molecule has 0 aromatic carbocycles. The van der Waals surface area contributed by atoms with Gasteiger partial charge in [-0.15, -0.1) is 11.3 Å². The summed E-state index contributed by atoms with van der Waals surface area (Å²) in [6.07, 6.45) is 13.9. The van der Waals surface area contributed by atoms with Crippen molar-refractivity contribution in [3.05, 3.63) is 22.4 Å². The van der Waals surface area contributed by atoms with Gasteiger partial charge < -0.3 is 0 Å². The van der Waals surface area contributed by atoms with Crippen LogP contribution in [-0.2, 0) is 25.7 Å². The van der Waals surface area contributed by atoms with Gasteiger partial charge in [-0.3, -0.25) is 4.79 Å². The molecule has 0 saturated heterocycles. The summed E-state index contributed by atoms with van der Waals surface area (Å²) in [5, 5.41) is 1.98. The van der Waals surface area contributed by atoms with Gasteiger partial charge in [-0.05, 0) is 29.3 Å². The summed E-state index contributed by atoms with van der Waals surface area (Å²) in [4.78, 5) is 11.7. The first kappa shape index (κ1) is 26.2. The second kappa shape index (κ2) is 17.3. The number of hydrogen-bond donors (Lipinski definition) is 0. The van der Waals surface area contributed by atoms with Crippen molar-refractivity contribution < 1.29 is 22.1 Å². The Morgan fingerprint density at radius 1 is 1.07 bits per heavy atom. The SMILES string of the molecule is C1CCCC1.CC(=O)Cc1cccs1.CCCCCCCCS(=O)(=O)OF. The molecule has 1 saturated carbocycles. The number of hydrogen-bond acceptors (Lipinski definition) is 5. The van der Waals surface area contributed by atoms with Crippen molar-refractivity contribution in [2.75, 3.05) is 5.75 Å². The molecule has 4 nitrogen and oxygen atoms in total. The van der Waals surface area contributed by atoms with E-state index < -0.39 is 10.1 Å². The molecule has 0 unspecified atom stereocenters. The normalized spacial score (nSPS) is 13.3. The summed E-state index contributed by atoms with van der Waals surface area (Å²) in [6.45, 7) is 3.72. The fourth-order valence-corrected chi connectivity index (χ4v) is 4.03. The van der Waals surface area contributed by atoms with Crippen molar-refractivity contribution in [1.29, 1.82) is 0 Å². The van der Waals surface area contributed by atoms with Crippen molar-refractivity contribution in [3.8, 4) is 0 Å². The fourth-order valence-electron chi connectivity index (χ4n) is 2.63. The summed E-state index contributed by atoms with van der Waals surface area (Å²) >= 11 is 1.63. The van der Waals surface area contributed by atoms with E-state index in [1.807, 2.05) is 17.5 Å². The lowest BCUT2D eigenvalue weighted by Gasteiger charge is -1.99. The van der Waals surface area contributed by atoms with Crippen LogP contribution in [0.2, 0.25) is 0 Å². The highest BCUT2D eigenvalue weighted by Gasteiger charge is 2.10. The van der Waals surface area contributed by atoms with Gasteiger partial charge in [0.05, 0.1) is 5.75 Å². The number of rotatable bonds is 10. The summed E-state index contributed by atoms with van der Waals surface area (Å²) < 4.78 is 35.1. The predicted molar refractivity (Wildman–Crippen MR) is 111 cm³/mol. The Bertz CT molecular complexity index is 545. The van der Waals surface area contributed by atoms with Crippen LogP contribution in [0.1, 0.15) is 89.4 Å². The minimum Gasteiger partial charge on any atom is -0.300 e. The minimum atomic E-state index is -3.88. The summed E-state index contributed by atoms with van der Waals surface area (Å²) in [6, 6.07) is 3.94.